The number of carbonyl (C=O) groups is 2. The van der Waals surface area contributed by atoms with Crippen LogP contribution in [0.5, 0.6) is 0 Å². The molecule has 0 aromatic heterocycles. The molecule has 0 aromatic carbocycles. The molecule has 11 heavy (non-hydrogen) atoms. The van der Waals surface area contributed by atoms with Gasteiger partial charge in [-0.05, 0) is 0 Å². The van der Waals surface area contributed by atoms with E-state index in [4.69, 9.17) is 15.1 Å². The lowest BCUT2D eigenvalue weighted by molar-refractivity contribution is -0.168. The van der Waals surface area contributed by atoms with Crippen molar-refractivity contribution in [3.8, 4) is 0 Å². The summed E-state index contributed by atoms with van der Waals surface area (Å²) in [5, 5.41) is 15.3. The zero-order valence-corrected chi connectivity index (χ0v) is 6.12. The van der Waals surface area contributed by atoms with Gasteiger partial charge in [-0.15, -0.1) is 0 Å². The van der Waals surface area contributed by atoms with E-state index in [1.807, 2.05) is 0 Å². The van der Waals surface area contributed by atoms with Crippen LogP contribution in [-0.2, 0) is 9.59 Å². The molecule has 62 valence electrons. The van der Waals surface area contributed by atoms with Gasteiger partial charge in [0.15, 0.2) is 0 Å². The Labute approximate surface area is 62.3 Å². The Bertz CT molecular complexity index is 215. The van der Waals surface area contributed by atoms with Crippen molar-refractivity contribution in [3.05, 3.63) is 0 Å². The normalized spacial score (nSPS) is 12.2. The SMILES string of the molecule is O=C(O)C/C(C(=O)O)=[P+](\[O-])O. The molecule has 1 atom stereocenters. The maximum atomic E-state index is 10.1. The topological polar surface area (TPSA) is 118 Å². The fraction of sp³-hybridized carbons (Fsp3) is 0.250. The van der Waals surface area contributed by atoms with Crippen LogP contribution < -0.4 is 4.89 Å². The molecule has 0 fully saturated rings. The van der Waals surface area contributed by atoms with Crippen molar-refractivity contribution in [2.45, 2.75) is 6.42 Å². The first-order valence-corrected chi connectivity index (χ1v) is 3.63. The van der Waals surface area contributed by atoms with E-state index in [2.05, 4.69) is 0 Å². The van der Waals surface area contributed by atoms with Crippen LogP contribution in [0.4, 0.5) is 0 Å². The summed E-state index contributed by atoms with van der Waals surface area (Å²) in [5.41, 5.74) is 0. The highest BCUT2D eigenvalue weighted by Gasteiger charge is 2.21. The van der Waals surface area contributed by atoms with Crippen LogP contribution in [0.15, 0.2) is 0 Å². The van der Waals surface area contributed by atoms with Crippen molar-refractivity contribution in [1.29, 1.82) is 0 Å². The second-order valence-corrected chi connectivity index (χ2v) is 2.68. The number of carboxylic acid groups (broad SMARTS) is 2. The van der Waals surface area contributed by atoms with Gasteiger partial charge in [0.05, 0.1) is 0 Å². The Hall–Kier alpha value is -0.970. The molecule has 0 aliphatic carbocycles. The third-order valence-electron chi connectivity index (χ3n) is 0.796. The minimum Gasteiger partial charge on any atom is -0.603 e. The maximum absolute atomic E-state index is 10.1. The molecule has 3 N–H and O–H groups in total. The number of aliphatic carboxylic acids is 2. The summed E-state index contributed by atoms with van der Waals surface area (Å²) in [6.45, 7) is 0. The number of carboxylic acids is 2. The van der Waals surface area contributed by atoms with Gasteiger partial charge in [0, 0.05) is 0 Å². The van der Waals surface area contributed by atoms with Gasteiger partial charge >= 0.3 is 11.9 Å². The molecule has 1 unspecified atom stereocenters. The van der Waals surface area contributed by atoms with E-state index < -0.39 is 31.7 Å². The fourth-order valence-corrected chi connectivity index (χ4v) is 0.802. The van der Waals surface area contributed by atoms with Crippen LogP contribution >= 0.6 is 8.00 Å². The van der Waals surface area contributed by atoms with Gasteiger partial charge in [0.25, 0.3) is 0 Å². The smallest absolute Gasteiger partial charge is 0.377 e. The highest BCUT2D eigenvalue weighted by molar-refractivity contribution is 7.48. The quantitative estimate of drug-likeness (QED) is 0.449. The summed E-state index contributed by atoms with van der Waals surface area (Å²) in [6.07, 6.45) is -0.916. The van der Waals surface area contributed by atoms with E-state index in [1.165, 1.54) is 0 Å². The Morgan fingerprint density at radius 1 is 1.36 bits per heavy atom. The molecule has 0 amide bonds. The largest absolute Gasteiger partial charge is 0.603 e. The molecule has 0 spiro atoms. The molecule has 0 aliphatic rings. The van der Waals surface area contributed by atoms with Crippen molar-refractivity contribution in [2.75, 3.05) is 0 Å². The molecule has 0 saturated carbocycles. The van der Waals surface area contributed by atoms with E-state index in [9.17, 15) is 14.5 Å². The van der Waals surface area contributed by atoms with Crippen molar-refractivity contribution in [3.63, 3.8) is 0 Å². The van der Waals surface area contributed by atoms with Gasteiger partial charge in [0.2, 0.25) is 13.3 Å². The average Bonchev–Trinajstić information content (AvgIpc) is 1.81. The minimum atomic E-state index is -3.05. The number of hydrogen-bond donors (Lipinski definition) is 3. The number of hydrogen-bond acceptors (Lipinski definition) is 4. The third kappa shape index (κ3) is 3.67. The Morgan fingerprint density at radius 2 is 1.82 bits per heavy atom. The Morgan fingerprint density at radius 3 is 1.91 bits per heavy atom. The molecule has 7 heteroatoms. The summed E-state index contributed by atoms with van der Waals surface area (Å²) in [4.78, 5) is 38.3. The van der Waals surface area contributed by atoms with Crippen LogP contribution in [0.2, 0.25) is 0 Å². The predicted molar refractivity (Wildman–Crippen MR) is 34.0 cm³/mol. The highest BCUT2D eigenvalue weighted by Crippen LogP contribution is 2.08. The molecule has 6 nitrogen and oxygen atoms in total. The van der Waals surface area contributed by atoms with Crippen LogP contribution in [-0.4, -0.2) is 32.3 Å². The van der Waals surface area contributed by atoms with Crippen molar-refractivity contribution >= 4 is 25.2 Å². The van der Waals surface area contributed by atoms with E-state index >= 15 is 0 Å². The maximum Gasteiger partial charge on any atom is 0.377 e. The molecule has 0 rings (SSSR count). The summed E-state index contributed by atoms with van der Waals surface area (Å²) in [7, 11) is -3.05. The Balaban J connectivity index is 4.52. The molecule has 0 saturated heterocycles. The summed E-state index contributed by atoms with van der Waals surface area (Å²) in [5.74, 6) is -3.10. The standard InChI is InChI=1S/C4H5O6P/c5-3(6)1-2(4(7)8)11(9)10/h1H2,(H,5,6)(H,7,8)(H,9,10). The molecule has 0 radical (unpaired) electrons. The molecule has 0 aromatic rings. The van der Waals surface area contributed by atoms with Crippen molar-refractivity contribution in [1.82, 2.24) is 0 Å². The summed E-state index contributed by atoms with van der Waals surface area (Å²) >= 11 is 0. The highest BCUT2D eigenvalue weighted by atomic mass is 31.1. The third-order valence-corrected chi connectivity index (χ3v) is 1.61. The Kier molecular flexibility index (Phi) is 3.67. The molecular weight excluding hydrogens is 175 g/mol. The van der Waals surface area contributed by atoms with Crippen LogP contribution in [0, 0.1) is 0 Å². The fourth-order valence-electron chi connectivity index (χ4n) is 0.368. The predicted octanol–water partition coefficient (Wildman–Crippen LogP) is -1.62. The first kappa shape index (κ1) is 10.0. The zero-order chi connectivity index (χ0) is 9.02. The van der Waals surface area contributed by atoms with E-state index in [0.29, 0.717) is 0 Å². The van der Waals surface area contributed by atoms with Gasteiger partial charge in [-0.2, -0.15) is 4.89 Å². The second-order valence-electron chi connectivity index (χ2n) is 1.60. The molecule has 0 aliphatic heterocycles. The lowest BCUT2D eigenvalue weighted by Crippen LogP contribution is -2.18. The van der Waals surface area contributed by atoms with Gasteiger partial charge in [0.1, 0.15) is 6.42 Å². The monoisotopic (exact) mass is 180 g/mol. The van der Waals surface area contributed by atoms with Gasteiger partial charge in [-0.1, -0.05) is 0 Å². The minimum absolute atomic E-state index is 0.896. The van der Waals surface area contributed by atoms with Gasteiger partial charge in [-0.3, -0.25) is 4.79 Å². The lowest BCUT2D eigenvalue weighted by Gasteiger charge is -1.93. The second kappa shape index (κ2) is 4.02. The zero-order valence-electron chi connectivity index (χ0n) is 5.22. The first-order valence-electron chi connectivity index (χ1n) is 2.42. The summed E-state index contributed by atoms with van der Waals surface area (Å²) in [6, 6.07) is 0. The lowest BCUT2D eigenvalue weighted by atomic mass is 10.3. The molecule has 0 heterocycles. The number of rotatable bonds is 3. The van der Waals surface area contributed by atoms with E-state index in [1.54, 1.807) is 0 Å². The first-order chi connectivity index (χ1) is 4.95. The average molecular weight is 180 g/mol. The van der Waals surface area contributed by atoms with Crippen LogP contribution in [0.25, 0.3) is 0 Å². The van der Waals surface area contributed by atoms with Crippen molar-refractivity contribution in [2.24, 2.45) is 0 Å². The summed E-state index contributed by atoms with van der Waals surface area (Å²) < 4.78 is 0. The molecular formula is C4H5O6P. The van der Waals surface area contributed by atoms with Crippen molar-refractivity contribution < 1.29 is 29.6 Å². The van der Waals surface area contributed by atoms with Crippen LogP contribution in [0.1, 0.15) is 6.42 Å². The van der Waals surface area contributed by atoms with E-state index in [0.717, 1.165) is 0 Å². The molecule has 0 bridgehead atoms. The van der Waals surface area contributed by atoms with Gasteiger partial charge < -0.3 is 15.1 Å². The van der Waals surface area contributed by atoms with E-state index in [-0.39, 0.29) is 0 Å². The van der Waals surface area contributed by atoms with Crippen LogP contribution in [0.3, 0.4) is 0 Å². The van der Waals surface area contributed by atoms with Gasteiger partial charge in [-0.25, -0.2) is 4.79 Å².